The van der Waals surface area contributed by atoms with Crippen LogP contribution in [0.15, 0.2) is 47.0 Å². The van der Waals surface area contributed by atoms with Gasteiger partial charge in [0.15, 0.2) is 6.10 Å². The van der Waals surface area contributed by atoms with E-state index in [1.165, 1.54) is 12.3 Å². The molecule has 1 atom stereocenters. The molecule has 2 aromatic heterocycles. The molecule has 0 amide bonds. The van der Waals surface area contributed by atoms with E-state index in [1.54, 1.807) is 44.4 Å². The molecule has 128 valence electrons. The van der Waals surface area contributed by atoms with Crippen LogP contribution in [0.2, 0.25) is 5.15 Å². The van der Waals surface area contributed by atoms with E-state index >= 15 is 0 Å². The molecule has 0 saturated heterocycles. The van der Waals surface area contributed by atoms with Gasteiger partial charge in [-0.15, -0.1) is 10.2 Å². The van der Waals surface area contributed by atoms with Gasteiger partial charge in [0.2, 0.25) is 5.89 Å². The summed E-state index contributed by atoms with van der Waals surface area (Å²) in [6.07, 6.45) is 0.755. The summed E-state index contributed by atoms with van der Waals surface area (Å²) in [4.78, 5) is 16.0. The van der Waals surface area contributed by atoms with Gasteiger partial charge in [0, 0.05) is 11.8 Å². The fourth-order valence-corrected chi connectivity index (χ4v) is 2.26. The van der Waals surface area contributed by atoms with Crippen molar-refractivity contribution in [1.82, 2.24) is 15.2 Å². The van der Waals surface area contributed by atoms with Crippen molar-refractivity contribution < 1.29 is 18.7 Å². The second kappa shape index (κ2) is 7.31. The average molecular weight is 360 g/mol. The molecule has 0 unspecified atom stereocenters. The number of pyridine rings is 1. The van der Waals surface area contributed by atoms with Gasteiger partial charge in [-0.2, -0.15) is 0 Å². The maximum absolute atomic E-state index is 12.1. The number of methoxy groups -OCH3 is 1. The van der Waals surface area contributed by atoms with E-state index in [0.717, 1.165) is 11.3 Å². The van der Waals surface area contributed by atoms with E-state index in [9.17, 15) is 4.79 Å². The normalized spacial score (nSPS) is 11.8. The molecule has 25 heavy (non-hydrogen) atoms. The Labute approximate surface area is 148 Å². The summed E-state index contributed by atoms with van der Waals surface area (Å²) in [5.41, 5.74) is 0.902. The largest absolute Gasteiger partial charge is 0.497 e. The topological polar surface area (TPSA) is 87.3 Å². The average Bonchev–Trinajstić information content (AvgIpc) is 3.12. The highest BCUT2D eigenvalue weighted by Gasteiger charge is 2.21. The Morgan fingerprint density at radius 1 is 1.20 bits per heavy atom. The van der Waals surface area contributed by atoms with Crippen LogP contribution in [0.25, 0.3) is 11.5 Å². The van der Waals surface area contributed by atoms with Crippen LogP contribution in [0, 0.1) is 0 Å². The van der Waals surface area contributed by atoms with Crippen molar-refractivity contribution in [3.63, 3.8) is 0 Å². The van der Waals surface area contributed by atoms with Crippen molar-refractivity contribution in [2.75, 3.05) is 7.11 Å². The Morgan fingerprint density at radius 2 is 1.96 bits per heavy atom. The van der Waals surface area contributed by atoms with Gasteiger partial charge >= 0.3 is 5.97 Å². The van der Waals surface area contributed by atoms with Crippen molar-refractivity contribution in [2.45, 2.75) is 13.0 Å². The fourth-order valence-electron chi connectivity index (χ4n) is 2.06. The van der Waals surface area contributed by atoms with E-state index in [2.05, 4.69) is 15.2 Å². The van der Waals surface area contributed by atoms with Crippen LogP contribution in [-0.4, -0.2) is 28.3 Å². The molecule has 1 aromatic carbocycles. The van der Waals surface area contributed by atoms with Crippen molar-refractivity contribution in [1.29, 1.82) is 0 Å². The second-order valence-electron chi connectivity index (χ2n) is 5.06. The van der Waals surface area contributed by atoms with Crippen LogP contribution in [0.5, 0.6) is 5.75 Å². The molecule has 7 nitrogen and oxygen atoms in total. The number of benzene rings is 1. The summed E-state index contributed by atoms with van der Waals surface area (Å²) in [6, 6.07) is 10.3. The molecule has 0 N–H and O–H groups in total. The maximum Gasteiger partial charge on any atom is 0.342 e. The van der Waals surface area contributed by atoms with Gasteiger partial charge in [0.25, 0.3) is 5.89 Å². The van der Waals surface area contributed by atoms with E-state index in [4.69, 9.17) is 25.5 Å². The number of ether oxygens (including phenoxy) is 2. The third kappa shape index (κ3) is 3.77. The predicted octanol–water partition coefficient (Wildman–Crippen LogP) is 3.71. The highest BCUT2D eigenvalue weighted by molar-refractivity contribution is 6.32. The molecular weight excluding hydrogens is 346 g/mol. The van der Waals surface area contributed by atoms with E-state index in [1.807, 2.05) is 0 Å². The van der Waals surface area contributed by atoms with Gasteiger partial charge in [-0.1, -0.05) is 11.6 Å². The molecule has 8 heteroatoms. The highest BCUT2D eigenvalue weighted by Crippen LogP contribution is 2.25. The lowest BCUT2D eigenvalue weighted by Gasteiger charge is -2.09. The lowest BCUT2D eigenvalue weighted by molar-refractivity contribution is 0.0279. The van der Waals surface area contributed by atoms with Crippen molar-refractivity contribution in [2.24, 2.45) is 0 Å². The molecular formula is C17H14ClN3O4. The summed E-state index contributed by atoms with van der Waals surface area (Å²) in [6.45, 7) is 1.63. The zero-order valence-corrected chi connectivity index (χ0v) is 14.2. The molecule has 0 aliphatic heterocycles. The number of carbonyl (C=O) groups excluding carboxylic acids is 1. The fraction of sp³-hybridized carbons (Fsp3) is 0.176. The first-order chi connectivity index (χ1) is 12.1. The lowest BCUT2D eigenvalue weighted by atomic mass is 10.2. The van der Waals surface area contributed by atoms with E-state index in [0.29, 0.717) is 5.89 Å². The summed E-state index contributed by atoms with van der Waals surface area (Å²) in [5, 5.41) is 7.98. The minimum absolute atomic E-state index is 0.0733. The van der Waals surface area contributed by atoms with Crippen LogP contribution < -0.4 is 4.74 Å². The Balaban J connectivity index is 1.73. The zero-order valence-electron chi connectivity index (χ0n) is 13.5. The second-order valence-corrected chi connectivity index (χ2v) is 5.42. The zero-order chi connectivity index (χ0) is 17.8. The van der Waals surface area contributed by atoms with Gasteiger partial charge in [0.05, 0.1) is 12.7 Å². The third-order valence-electron chi connectivity index (χ3n) is 3.39. The van der Waals surface area contributed by atoms with Crippen LogP contribution in [0.3, 0.4) is 0 Å². The summed E-state index contributed by atoms with van der Waals surface area (Å²) < 4.78 is 16.0. The molecule has 0 radical (unpaired) electrons. The molecule has 0 bridgehead atoms. The minimum atomic E-state index is -0.733. The van der Waals surface area contributed by atoms with Crippen LogP contribution in [0.4, 0.5) is 0 Å². The molecule has 0 aliphatic rings. The predicted molar refractivity (Wildman–Crippen MR) is 89.4 cm³/mol. The smallest absolute Gasteiger partial charge is 0.342 e. The molecule has 3 aromatic rings. The number of hydrogen-bond donors (Lipinski definition) is 0. The van der Waals surface area contributed by atoms with Crippen LogP contribution in [-0.2, 0) is 4.74 Å². The molecule has 0 spiro atoms. The highest BCUT2D eigenvalue weighted by atomic mass is 35.5. The summed E-state index contributed by atoms with van der Waals surface area (Å²) in [7, 11) is 1.59. The van der Waals surface area contributed by atoms with E-state index < -0.39 is 12.1 Å². The van der Waals surface area contributed by atoms with Gasteiger partial charge in [-0.3, -0.25) is 0 Å². The first-order valence-corrected chi connectivity index (χ1v) is 7.75. The number of hydrogen-bond acceptors (Lipinski definition) is 7. The Hall–Kier alpha value is -2.93. The van der Waals surface area contributed by atoms with Crippen LogP contribution >= 0.6 is 11.6 Å². The Kier molecular flexibility index (Phi) is 4.95. The quantitative estimate of drug-likeness (QED) is 0.506. The van der Waals surface area contributed by atoms with Gasteiger partial charge in [-0.25, -0.2) is 9.78 Å². The number of aromatic nitrogens is 3. The summed E-state index contributed by atoms with van der Waals surface area (Å²) >= 11 is 5.88. The maximum atomic E-state index is 12.1. The van der Waals surface area contributed by atoms with Crippen molar-refractivity contribution in [3.8, 4) is 17.2 Å². The van der Waals surface area contributed by atoms with Crippen LogP contribution in [0.1, 0.15) is 29.3 Å². The number of nitrogens with zero attached hydrogens (tertiary/aromatic N) is 3. The Bertz CT molecular complexity index is 880. The minimum Gasteiger partial charge on any atom is -0.497 e. The molecule has 0 aliphatic carbocycles. The number of halogens is 1. The molecule has 0 saturated carbocycles. The Morgan fingerprint density at radius 3 is 2.64 bits per heavy atom. The number of rotatable bonds is 5. The number of carbonyl (C=O) groups is 1. The van der Waals surface area contributed by atoms with Crippen molar-refractivity contribution in [3.05, 3.63) is 59.2 Å². The molecule has 2 heterocycles. The monoisotopic (exact) mass is 359 g/mol. The molecule has 3 rings (SSSR count). The third-order valence-corrected chi connectivity index (χ3v) is 3.69. The van der Waals surface area contributed by atoms with Crippen molar-refractivity contribution >= 4 is 17.6 Å². The first-order valence-electron chi connectivity index (χ1n) is 7.38. The van der Waals surface area contributed by atoms with Gasteiger partial charge in [-0.05, 0) is 43.3 Å². The number of esters is 1. The first kappa shape index (κ1) is 16.9. The SMILES string of the molecule is COc1ccc(-c2nnc([C@H](C)OC(=O)c3cccnc3Cl)o2)cc1. The molecule has 0 fully saturated rings. The van der Waals surface area contributed by atoms with E-state index in [-0.39, 0.29) is 16.6 Å². The lowest BCUT2D eigenvalue weighted by Crippen LogP contribution is -2.10. The summed E-state index contributed by atoms with van der Waals surface area (Å²) in [5.74, 6) is 0.605. The van der Waals surface area contributed by atoms with Gasteiger partial charge in [0.1, 0.15) is 10.9 Å². The standard InChI is InChI=1S/C17H14ClN3O4/c1-10(24-17(22)13-4-3-9-19-14(13)18)15-20-21-16(25-15)11-5-7-12(23-2)8-6-11/h3-10H,1-2H3/t10-/m0/s1. The van der Waals surface area contributed by atoms with Gasteiger partial charge < -0.3 is 13.9 Å².